The molecular formula is C27H31ClFN5O2. The van der Waals surface area contributed by atoms with Crippen LogP contribution in [0.5, 0.6) is 5.75 Å². The summed E-state index contributed by atoms with van der Waals surface area (Å²) in [4.78, 5) is 19.4. The summed E-state index contributed by atoms with van der Waals surface area (Å²) in [6.45, 7) is 4.66. The number of rotatable bonds is 8. The van der Waals surface area contributed by atoms with Gasteiger partial charge in [-0.15, -0.1) is 0 Å². The van der Waals surface area contributed by atoms with Gasteiger partial charge in [0.1, 0.15) is 18.2 Å². The predicted octanol–water partition coefficient (Wildman–Crippen LogP) is 5.25. The molecule has 1 aliphatic heterocycles. The van der Waals surface area contributed by atoms with E-state index in [0.29, 0.717) is 45.3 Å². The normalized spacial score (nSPS) is 14.5. The monoisotopic (exact) mass is 511 g/mol. The molecule has 190 valence electrons. The van der Waals surface area contributed by atoms with Crippen molar-refractivity contribution in [1.29, 1.82) is 0 Å². The van der Waals surface area contributed by atoms with Crippen LogP contribution < -0.4 is 16.4 Å². The number of hydrogen-bond donors (Lipinski definition) is 4. The van der Waals surface area contributed by atoms with Crippen molar-refractivity contribution in [3.63, 3.8) is 0 Å². The number of nitrogens with two attached hydrogens (primary N) is 1. The number of hydrogen-bond acceptors (Lipinski definition) is 6. The molecule has 36 heavy (non-hydrogen) atoms. The van der Waals surface area contributed by atoms with Gasteiger partial charge < -0.3 is 26.4 Å². The Morgan fingerprint density at radius 2 is 1.94 bits per heavy atom. The number of nitrogen functional groups attached to an aromatic ring is 1. The number of piperidine rings is 1. The first-order valence-electron chi connectivity index (χ1n) is 12.1. The molecule has 7 nitrogen and oxygen atoms in total. The number of alkyl halides is 1. The van der Waals surface area contributed by atoms with Gasteiger partial charge in [0.15, 0.2) is 0 Å². The quantitative estimate of drug-likeness (QED) is 0.308. The SMILES string of the molecule is CCN1CCC(C(=O)NCc2ccc(-c3cc(Nc4ccc(Cl)cc4CF)ccc3O)nc2N)CC1. The zero-order chi connectivity index (χ0) is 25.7. The first-order chi connectivity index (χ1) is 17.4. The van der Waals surface area contributed by atoms with Crippen LogP contribution in [0.1, 0.15) is 30.9 Å². The molecule has 0 unspecified atom stereocenters. The van der Waals surface area contributed by atoms with Gasteiger partial charge in [-0.2, -0.15) is 0 Å². The second-order valence-electron chi connectivity index (χ2n) is 8.96. The maximum absolute atomic E-state index is 13.4. The van der Waals surface area contributed by atoms with E-state index in [1.807, 2.05) is 0 Å². The minimum absolute atomic E-state index is 0.0204. The van der Waals surface area contributed by atoms with Crippen molar-refractivity contribution >= 4 is 34.7 Å². The molecule has 1 fully saturated rings. The van der Waals surface area contributed by atoms with Crippen LogP contribution in [0, 0.1) is 5.92 Å². The Kier molecular flexibility index (Phi) is 8.28. The largest absolute Gasteiger partial charge is 0.507 e. The van der Waals surface area contributed by atoms with Gasteiger partial charge in [-0.1, -0.05) is 24.6 Å². The summed E-state index contributed by atoms with van der Waals surface area (Å²) >= 11 is 5.97. The van der Waals surface area contributed by atoms with Gasteiger partial charge in [0, 0.05) is 45.6 Å². The number of nitrogens with one attached hydrogen (secondary N) is 2. The van der Waals surface area contributed by atoms with E-state index in [9.17, 15) is 14.3 Å². The van der Waals surface area contributed by atoms with E-state index in [1.54, 1.807) is 48.5 Å². The first-order valence-corrected chi connectivity index (χ1v) is 12.5. The lowest BCUT2D eigenvalue weighted by atomic mass is 9.96. The van der Waals surface area contributed by atoms with E-state index in [-0.39, 0.29) is 23.4 Å². The summed E-state index contributed by atoms with van der Waals surface area (Å²) in [7, 11) is 0. The molecule has 1 saturated heterocycles. The van der Waals surface area contributed by atoms with Crippen LogP contribution in [-0.4, -0.2) is 40.5 Å². The zero-order valence-corrected chi connectivity index (χ0v) is 21.0. The summed E-state index contributed by atoms with van der Waals surface area (Å²) < 4.78 is 13.4. The number of phenolic OH excluding ortho intramolecular Hbond substituents is 1. The van der Waals surface area contributed by atoms with Crippen molar-refractivity contribution in [2.24, 2.45) is 5.92 Å². The molecule has 0 spiro atoms. The smallest absolute Gasteiger partial charge is 0.223 e. The van der Waals surface area contributed by atoms with Crippen molar-refractivity contribution in [3.05, 3.63) is 64.7 Å². The van der Waals surface area contributed by atoms with E-state index in [0.717, 1.165) is 32.5 Å². The number of phenols is 1. The lowest BCUT2D eigenvalue weighted by molar-refractivity contribution is -0.126. The maximum atomic E-state index is 13.4. The third-order valence-electron chi connectivity index (χ3n) is 6.63. The number of likely N-dealkylation sites (tertiary alicyclic amines) is 1. The fourth-order valence-corrected chi connectivity index (χ4v) is 4.61. The van der Waals surface area contributed by atoms with Gasteiger partial charge in [0.2, 0.25) is 5.91 Å². The van der Waals surface area contributed by atoms with Gasteiger partial charge in [-0.05, 0) is 74.9 Å². The Morgan fingerprint density at radius 3 is 2.64 bits per heavy atom. The van der Waals surface area contributed by atoms with Crippen molar-refractivity contribution in [1.82, 2.24) is 15.2 Å². The maximum Gasteiger partial charge on any atom is 0.223 e. The Morgan fingerprint density at radius 1 is 1.17 bits per heavy atom. The highest BCUT2D eigenvalue weighted by Gasteiger charge is 2.24. The molecular weight excluding hydrogens is 481 g/mol. The van der Waals surface area contributed by atoms with Crippen molar-refractivity contribution in [3.8, 4) is 17.0 Å². The highest BCUT2D eigenvalue weighted by Crippen LogP contribution is 2.34. The Hall–Kier alpha value is -3.36. The van der Waals surface area contributed by atoms with Crippen LogP contribution in [0.2, 0.25) is 5.02 Å². The van der Waals surface area contributed by atoms with Crippen molar-refractivity contribution < 1.29 is 14.3 Å². The molecule has 0 atom stereocenters. The molecule has 1 aromatic heterocycles. The highest BCUT2D eigenvalue weighted by molar-refractivity contribution is 6.30. The van der Waals surface area contributed by atoms with Crippen molar-refractivity contribution in [2.45, 2.75) is 33.0 Å². The van der Waals surface area contributed by atoms with E-state index < -0.39 is 6.67 Å². The number of carbonyl (C=O) groups is 1. The van der Waals surface area contributed by atoms with Crippen LogP contribution in [-0.2, 0) is 18.0 Å². The Balaban J connectivity index is 1.45. The van der Waals surface area contributed by atoms with E-state index in [4.69, 9.17) is 17.3 Å². The predicted molar refractivity (Wildman–Crippen MR) is 142 cm³/mol. The average Bonchev–Trinajstić information content (AvgIpc) is 2.89. The molecule has 0 bridgehead atoms. The molecule has 0 radical (unpaired) electrons. The van der Waals surface area contributed by atoms with E-state index >= 15 is 0 Å². The van der Waals surface area contributed by atoms with Crippen LogP contribution in [0.25, 0.3) is 11.3 Å². The number of benzene rings is 2. The fourth-order valence-electron chi connectivity index (χ4n) is 4.41. The standard InChI is InChI=1S/C27H31ClFN5O2/c1-2-34-11-9-17(10-12-34)27(36)31-16-18-3-6-24(33-26(18)30)22-14-21(5-8-25(22)35)32-23-7-4-20(28)13-19(23)15-29/h3-8,13-14,17,32,35H,2,9-12,15-16H2,1H3,(H2,30,33)(H,31,36). The Bertz CT molecular complexity index is 1230. The molecule has 2 heterocycles. The van der Waals surface area contributed by atoms with E-state index in [2.05, 4.69) is 27.4 Å². The van der Waals surface area contributed by atoms with Gasteiger partial charge >= 0.3 is 0 Å². The topological polar surface area (TPSA) is 104 Å². The molecule has 4 rings (SSSR count). The zero-order valence-electron chi connectivity index (χ0n) is 20.2. The van der Waals surface area contributed by atoms with Gasteiger partial charge in [-0.25, -0.2) is 9.37 Å². The summed E-state index contributed by atoms with van der Waals surface area (Å²) in [5.41, 5.74) is 9.53. The number of carbonyl (C=O) groups excluding carboxylic acids is 1. The third kappa shape index (κ3) is 6.06. The molecule has 0 saturated carbocycles. The lowest BCUT2D eigenvalue weighted by Gasteiger charge is -2.30. The van der Waals surface area contributed by atoms with Crippen molar-refractivity contribution in [2.75, 3.05) is 30.7 Å². The highest BCUT2D eigenvalue weighted by atomic mass is 35.5. The summed E-state index contributed by atoms with van der Waals surface area (Å²) in [6, 6.07) is 13.5. The van der Waals surface area contributed by atoms with Crippen LogP contribution >= 0.6 is 11.6 Å². The minimum atomic E-state index is -0.665. The van der Waals surface area contributed by atoms with Gasteiger partial charge in [0.25, 0.3) is 0 Å². The van der Waals surface area contributed by atoms with Crippen LogP contribution in [0.3, 0.4) is 0 Å². The summed E-state index contributed by atoms with van der Waals surface area (Å²) in [6.07, 6.45) is 1.72. The molecule has 1 amide bonds. The molecule has 0 aliphatic carbocycles. The molecule has 3 aromatic rings. The Labute approximate surface area is 215 Å². The molecule has 9 heteroatoms. The molecule has 5 N–H and O–H groups in total. The van der Waals surface area contributed by atoms with Gasteiger partial charge in [-0.3, -0.25) is 4.79 Å². The van der Waals surface area contributed by atoms with Gasteiger partial charge in [0.05, 0.1) is 5.69 Å². The van der Waals surface area contributed by atoms with Crippen LogP contribution in [0.4, 0.5) is 21.6 Å². The summed E-state index contributed by atoms with van der Waals surface area (Å²) in [5.74, 6) is 0.380. The third-order valence-corrected chi connectivity index (χ3v) is 6.87. The second kappa shape index (κ2) is 11.6. The fraction of sp³-hybridized carbons (Fsp3) is 0.333. The number of amides is 1. The molecule has 2 aromatic carbocycles. The van der Waals surface area contributed by atoms with E-state index in [1.165, 1.54) is 0 Å². The number of aromatic hydroxyl groups is 1. The van der Waals surface area contributed by atoms with Crippen LogP contribution in [0.15, 0.2) is 48.5 Å². The summed E-state index contributed by atoms with van der Waals surface area (Å²) in [5, 5.41) is 17.1. The second-order valence-corrected chi connectivity index (χ2v) is 9.40. The number of aromatic nitrogens is 1. The number of anilines is 3. The average molecular weight is 512 g/mol. The number of nitrogens with zero attached hydrogens (tertiary/aromatic N) is 2. The number of pyridine rings is 1. The number of halogens is 2. The lowest BCUT2D eigenvalue weighted by Crippen LogP contribution is -2.40. The first kappa shape index (κ1) is 25.7. The molecule has 1 aliphatic rings. The minimum Gasteiger partial charge on any atom is -0.507 e.